The number of hydrogen-bond acceptors (Lipinski definition) is 4. The second-order valence-corrected chi connectivity index (χ2v) is 5.69. The van der Waals surface area contributed by atoms with Crippen molar-refractivity contribution in [1.82, 2.24) is 10.3 Å². The first-order valence-corrected chi connectivity index (χ1v) is 8.29. The summed E-state index contributed by atoms with van der Waals surface area (Å²) in [5.74, 6) is 0.812. The van der Waals surface area contributed by atoms with Crippen LogP contribution >= 0.6 is 11.6 Å². The summed E-state index contributed by atoms with van der Waals surface area (Å²) in [5.41, 5.74) is 2.62. The summed E-state index contributed by atoms with van der Waals surface area (Å²) < 4.78 is 10.8. The number of pyridine rings is 1. The number of methoxy groups -OCH3 is 1. The fourth-order valence-electron chi connectivity index (χ4n) is 2.23. The molecule has 132 valence electrons. The van der Waals surface area contributed by atoms with E-state index in [2.05, 4.69) is 10.3 Å². The molecule has 1 aromatic carbocycles. The molecule has 0 saturated carbocycles. The van der Waals surface area contributed by atoms with Crippen LogP contribution in [0.4, 0.5) is 0 Å². The molecule has 2 rings (SSSR count). The average Bonchev–Trinajstić information content (AvgIpc) is 2.61. The molecule has 5 nitrogen and oxygen atoms in total. The van der Waals surface area contributed by atoms with Crippen LogP contribution in [0, 0.1) is 6.92 Å². The summed E-state index contributed by atoms with van der Waals surface area (Å²) in [6.07, 6.45) is 4.83. The van der Waals surface area contributed by atoms with Crippen LogP contribution in [-0.4, -0.2) is 24.6 Å². The first-order chi connectivity index (χ1) is 12.0. The fraction of sp³-hybridized carbons (Fsp3) is 0.263. The maximum atomic E-state index is 12.0. The van der Waals surface area contributed by atoms with Crippen LogP contribution in [0.25, 0.3) is 6.08 Å². The number of aromatic nitrogens is 1. The highest BCUT2D eigenvalue weighted by Gasteiger charge is 2.10. The van der Waals surface area contributed by atoms with Crippen LogP contribution in [0.3, 0.4) is 0 Å². The van der Waals surface area contributed by atoms with E-state index in [1.807, 2.05) is 26.0 Å². The molecule has 0 aliphatic heterocycles. The van der Waals surface area contributed by atoms with Crippen molar-refractivity contribution in [2.75, 3.05) is 13.7 Å². The lowest BCUT2D eigenvalue weighted by molar-refractivity contribution is -0.116. The summed E-state index contributed by atoms with van der Waals surface area (Å²) in [7, 11) is 1.55. The Kier molecular flexibility index (Phi) is 6.83. The van der Waals surface area contributed by atoms with E-state index in [0.717, 1.165) is 16.8 Å². The SMILES string of the molecule is CCOc1c(Cl)cc(C=CC(=O)NCc2ncccc2C)cc1OC. The Labute approximate surface area is 152 Å². The molecular weight excluding hydrogens is 340 g/mol. The third-order valence-corrected chi connectivity index (χ3v) is 3.80. The molecule has 0 unspecified atom stereocenters. The summed E-state index contributed by atoms with van der Waals surface area (Å²) in [6, 6.07) is 7.31. The van der Waals surface area contributed by atoms with Gasteiger partial charge in [0.05, 0.1) is 31.0 Å². The lowest BCUT2D eigenvalue weighted by atomic mass is 10.2. The second kappa shape index (κ2) is 9.08. The maximum absolute atomic E-state index is 12.0. The number of halogens is 1. The van der Waals surface area contributed by atoms with Crippen molar-refractivity contribution in [3.05, 3.63) is 58.4 Å². The zero-order valence-corrected chi connectivity index (χ0v) is 15.3. The van der Waals surface area contributed by atoms with Gasteiger partial charge in [0.15, 0.2) is 11.5 Å². The average molecular weight is 361 g/mol. The number of hydrogen-bond donors (Lipinski definition) is 1. The molecule has 0 bridgehead atoms. The predicted molar refractivity (Wildman–Crippen MR) is 99.0 cm³/mol. The Morgan fingerprint density at radius 1 is 1.40 bits per heavy atom. The molecule has 0 atom stereocenters. The molecule has 1 N–H and O–H groups in total. The number of amides is 1. The predicted octanol–water partition coefficient (Wildman–Crippen LogP) is 3.78. The maximum Gasteiger partial charge on any atom is 0.244 e. The molecule has 0 aliphatic rings. The van der Waals surface area contributed by atoms with Gasteiger partial charge in [-0.05, 0) is 49.2 Å². The van der Waals surface area contributed by atoms with E-state index in [-0.39, 0.29) is 5.91 Å². The molecule has 2 aromatic rings. The van der Waals surface area contributed by atoms with Crippen LogP contribution in [0.15, 0.2) is 36.5 Å². The van der Waals surface area contributed by atoms with Crippen molar-refractivity contribution in [1.29, 1.82) is 0 Å². The largest absolute Gasteiger partial charge is 0.493 e. The summed E-state index contributed by atoms with van der Waals surface area (Å²) in [4.78, 5) is 16.2. The highest BCUT2D eigenvalue weighted by atomic mass is 35.5. The van der Waals surface area contributed by atoms with Gasteiger partial charge in [0, 0.05) is 12.3 Å². The summed E-state index contributed by atoms with van der Waals surface area (Å²) in [5, 5.41) is 3.24. The van der Waals surface area contributed by atoms with Gasteiger partial charge in [0.1, 0.15) is 0 Å². The minimum Gasteiger partial charge on any atom is -0.493 e. The highest BCUT2D eigenvalue weighted by Crippen LogP contribution is 2.36. The molecule has 1 aromatic heterocycles. The van der Waals surface area contributed by atoms with E-state index >= 15 is 0 Å². The van der Waals surface area contributed by atoms with Crippen molar-refractivity contribution < 1.29 is 14.3 Å². The molecule has 6 heteroatoms. The van der Waals surface area contributed by atoms with Gasteiger partial charge in [0.25, 0.3) is 0 Å². The van der Waals surface area contributed by atoms with E-state index in [0.29, 0.717) is 29.7 Å². The number of carbonyl (C=O) groups is 1. The Morgan fingerprint density at radius 2 is 2.20 bits per heavy atom. The van der Waals surface area contributed by atoms with Gasteiger partial charge >= 0.3 is 0 Å². The van der Waals surface area contributed by atoms with E-state index in [4.69, 9.17) is 21.1 Å². The van der Waals surface area contributed by atoms with Crippen molar-refractivity contribution in [3.63, 3.8) is 0 Å². The first-order valence-electron chi connectivity index (χ1n) is 7.92. The number of nitrogens with zero attached hydrogens (tertiary/aromatic N) is 1. The molecule has 0 spiro atoms. The molecule has 25 heavy (non-hydrogen) atoms. The first kappa shape index (κ1) is 18.8. The normalized spacial score (nSPS) is 10.7. The third-order valence-electron chi connectivity index (χ3n) is 3.52. The van der Waals surface area contributed by atoms with Crippen LogP contribution in [0.1, 0.15) is 23.7 Å². The minimum absolute atomic E-state index is 0.214. The Morgan fingerprint density at radius 3 is 2.88 bits per heavy atom. The molecule has 1 heterocycles. The topological polar surface area (TPSA) is 60.5 Å². The second-order valence-electron chi connectivity index (χ2n) is 5.29. The molecule has 0 radical (unpaired) electrons. The Hall–Kier alpha value is -2.53. The highest BCUT2D eigenvalue weighted by molar-refractivity contribution is 6.32. The monoisotopic (exact) mass is 360 g/mol. The Bertz CT molecular complexity index is 775. The summed E-state index contributed by atoms with van der Waals surface area (Å²) >= 11 is 6.22. The van der Waals surface area contributed by atoms with Gasteiger partial charge in [-0.2, -0.15) is 0 Å². The molecule has 0 aliphatic carbocycles. The van der Waals surface area contributed by atoms with Crippen LogP contribution < -0.4 is 14.8 Å². The van der Waals surface area contributed by atoms with Crippen molar-refractivity contribution in [2.45, 2.75) is 20.4 Å². The third kappa shape index (κ3) is 5.22. The zero-order chi connectivity index (χ0) is 18.2. The van der Waals surface area contributed by atoms with Crippen LogP contribution in [-0.2, 0) is 11.3 Å². The number of ether oxygens (including phenoxy) is 2. The van der Waals surface area contributed by atoms with Gasteiger partial charge in [-0.3, -0.25) is 9.78 Å². The van der Waals surface area contributed by atoms with E-state index in [1.165, 1.54) is 6.08 Å². The van der Waals surface area contributed by atoms with Crippen LogP contribution in [0.2, 0.25) is 5.02 Å². The van der Waals surface area contributed by atoms with Crippen molar-refractivity contribution in [3.8, 4) is 11.5 Å². The number of aryl methyl sites for hydroxylation is 1. The van der Waals surface area contributed by atoms with E-state index < -0.39 is 0 Å². The fourth-order valence-corrected chi connectivity index (χ4v) is 2.50. The number of nitrogens with one attached hydrogen (secondary N) is 1. The van der Waals surface area contributed by atoms with Crippen molar-refractivity contribution in [2.24, 2.45) is 0 Å². The molecule has 0 saturated heterocycles. The molecule has 0 fully saturated rings. The molecule has 1 amide bonds. The lowest BCUT2D eigenvalue weighted by Crippen LogP contribution is -2.21. The summed E-state index contributed by atoms with van der Waals surface area (Å²) in [6.45, 7) is 4.69. The van der Waals surface area contributed by atoms with E-state index in [9.17, 15) is 4.79 Å². The molecular formula is C19H21ClN2O3. The number of benzene rings is 1. The van der Waals surface area contributed by atoms with Gasteiger partial charge in [-0.25, -0.2) is 0 Å². The van der Waals surface area contributed by atoms with Crippen molar-refractivity contribution >= 4 is 23.6 Å². The quantitative estimate of drug-likeness (QED) is 0.763. The zero-order valence-electron chi connectivity index (χ0n) is 14.5. The number of rotatable bonds is 7. The minimum atomic E-state index is -0.214. The van der Waals surface area contributed by atoms with Crippen LogP contribution in [0.5, 0.6) is 11.5 Å². The van der Waals surface area contributed by atoms with Gasteiger partial charge in [0.2, 0.25) is 5.91 Å². The van der Waals surface area contributed by atoms with E-state index in [1.54, 1.807) is 31.5 Å². The Balaban J connectivity index is 2.04. The van der Waals surface area contributed by atoms with Gasteiger partial charge < -0.3 is 14.8 Å². The van der Waals surface area contributed by atoms with Gasteiger partial charge in [-0.15, -0.1) is 0 Å². The van der Waals surface area contributed by atoms with Gasteiger partial charge in [-0.1, -0.05) is 17.7 Å². The lowest BCUT2D eigenvalue weighted by Gasteiger charge is -2.11. The smallest absolute Gasteiger partial charge is 0.244 e. The number of carbonyl (C=O) groups excluding carboxylic acids is 1. The standard InChI is InChI=1S/C19H21ClN2O3/c1-4-25-19-15(20)10-14(11-17(19)24-3)7-8-18(23)22-12-16-13(2)6-5-9-21-16/h5-11H,4,12H2,1-3H3,(H,22,23).